The lowest BCUT2D eigenvalue weighted by atomic mass is 10.5. The van der Waals surface area contributed by atoms with Crippen LogP contribution in [0.2, 0.25) is 0 Å². The van der Waals surface area contributed by atoms with E-state index in [4.69, 9.17) is 5.26 Å². The summed E-state index contributed by atoms with van der Waals surface area (Å²) in [6, 6.07) is 3.21. The normalized spacial score (nSPS) is 9.09. The maximum absolute atomic E-state index is 10.2. The van der Waals surface area contributed by atoms with Gasteiger partial charge in [-0.05, 0) is 27.5 Å². The van der Waals surface area contributed by atoms with Gasteiger partial charge in [-0.2, -0.15) is 5.26 Å². The molecule has 1 aromatic heterocycles. The van der Waals surface area contributed by atoms with Gasteiger partial charge in [0.2, 0.25) is 5.69 Å². The number of nitrogens with zero attached hydrogens (tertiary/aromatic N) is 2. The molecular weight excluding hydrogens is 261 g/mol. The Hall–Kier alpha value is -1.10. The first-order valence-electron chi connectivity index (χ1n) is 2.58. The first kappa shape index (κ1) is 8.00. The fraction of sp³-hybridized carbons (Fsp3) is 0. The van der Waals surface area contributed by atoms with Crippen molar-refractivity contribution in [3.63, 3.8) is 0 Å². The molecule has 0 saturated heterocycles. The van der Waals surface area contributed by atoms with Crippen molar-refractivity contribution in [3.05, 3.63) is 25.4 Å². The highest BCUT2D eigenvalue weighted by Crippen LogP contribution is 2.19. The van der Waals surface area contributed by atoms with Crippen LogP contribution in [0.15, 0.2) is 6.07 Å². The zero-order chi connectivity index (χ0) is 8.43. The Labute approximate surface area is 75.3 Å². The molecule has 0 saturated carbocycles. The molecule has 0 radical (unpaired) electrons. The number of halogens is 1. The summed E-state index contributed by atoms with van der Waals surface area (Å²) < 4.78 is 0.448. The van der Waals surface area contributed by atoms with E-state index in [-0.39, 0.29) is 11.5 Å². The number of H-pyrrole nitrogens is 1. The molecule has 0 amide bonds. The van der Waals surface area contributed by atoms with Crippen LogP contribution in [0.3, 0.4) is 0 Å². The molecular formula is C5H2IN3O2. The summed E-state index contributed by atoms with van der Waals surface area (Å²) >= 11 is 1.80. The Kier molecular flexibility index (Phi) is 2.09. The first-order chi connectivity index (χ1) is 5.15. The zero-order valence-corrected chi connectivity index (χ0v) is 7.32. The summed E-state index contributed by atoms with van der Waals surface area (Å²) in [5.41, 5.74) is 0.209. The second-order valence-corrected chi connectivity index (χ2v) is 2.91. The van der Waals surface area contributed by atoms with Crippen LogP contribution in [-0.4, -0.2) is 9.91 Å². The third-order valence-corrected chi connectivity index (χ3v) is 1.88. The monoisotopic (exact) mass is 263 g/mol. The van der Waals surface area contributed by atoms with Crippen molar-refractivity contribution >= 4 is 28.4 Å². The van der Waals surface area contributed by atoms with E-state index >= 15 is 0 Å². The number of aromatic nitrogens is 1. The molecule has 11 heavy (non-hydrogen) atoms. The second kappa shape index (κ2) is 2.87. The van der Waals surface area contributed by atoms with Crippen molar-refractivity contribution < 1.29 is 4.92 Å². The first-order valence-corrected chi connectivity index (χ1v) is 3.66. The molecule has 0 aliphatic carbocycles. The Balaban J connectivity index is 3.20. The molecule has 5 nitrogen and oxygen atoms in total. The minimum absolute atomic E-state index is 0.123. The maximum Gasteiger partial charge on any atom is 0.335 e. The van der Waals surface area contributed by atoms with E-state index in [1.165, 1.54) is 6.07 Å². The lowest BCUT2D eigenvalue weighted by molar-refractivity contribution is -0.390. The van der Waals surface area contributed by atoms with E-state index < -0.39 is 4.92 Å². The molecule has 6 heteroatoms. The molecule has 56 valence electrons. The van der Waals surface area contributed by atoms with Crippen LogP contribution < -0.4 is 0 Å². The predicted octanol–water partition coefficient (Wildman–Crippen LogP) is 1.40. The summed E-state index contributed by atoms with van der Waals surface area (Å²) in [6.45, 7) is 0. The lowest BCUT2D eigenvalue weighted by Crippen LogP contribution is -1.89. The molecule has 0 unspecified atom stereocenters. The summed E-state index contributed by atoms with van der Waals surface area (Å²) in [5.74, 6) is -0.123. The van der Waals surface area contributed by atoms with Crippen molar-refractivity contribution in [1.29, 1.82) is 5.26 Å². The van der Waals surface area contributed by atoms with Gasteiger partial charge >= 0.3 is 5.82 Å². The van der Waals surface area contributed by atoms with Crippen LogP contribution in [0.25, 0.3) is 0 Å². The molecule has 0 spiro atoms. The van der Waals surface area contributed by atoms with Gasteiger partial charge in [-0.15, -0.1) is 0 Å². The number of hydrogen-bond acceptors (Lipinski definition) is 3. The highest BCUT2D eigenvalue weighted by Gasteiger charge is 2.14. The maximum atomic E-state index is 10.2. The zero-order valence-electron chi connectivity index (χ0n) is 5.17. The van der Waals surface area contributed by atoms with Gasteiger partial charge < -0.3 is 10.1 Å². The summed E-state index contributed by atoms with van der Waals surface area (Å²) in [6.07, 6.45) is 0. The molecule has 1 N–H and O–H groups in total. The summed E-state index contributed by atoms with van der Waals surface area (Å²) in [5, 5.41) is 18.6. The Morgan fingerprint density at radius 1 is 1.82 bits per heavy atom. The van der Waals surface area contributed by atoms with Gasteiger partial charge in [0, 0.05) is 6.07 Å². The number of aromatic amines is 1. The SMILES string of the molecule is N#Cc1cc(I)c([N+](=O)[O-])[nH]1. The van der Waals surface area contributed by atoms with Crippen LogP contribution in [0.5, 0.6) is 0 Å². The van der Waals surface area contributed by atoms with Gasteiger partial charge in [0.05, 0.1) is 0 Å². The molecule has 1 heterocycles. The average Bonchev–Trinajstić information content (AvgIpc) is 2.30. The van der Waals surface area contributed by atoms with Gasteiger partial charge in [0.25, 0.3) is 0 Å². The quantitative estimate of drug-likeness (QED) is 0.472. The van der Waals surface area contributed by atoms with Crippen molar-refractivity contribution in [2.24, 2.45) is 0 Å². The number of nitrogens with one attached hydrogen (secondary N) is 1. The van der Waals surface area contributed by atoms with Crippen molar-refractivity contribution in [1.82, 2.24) is 4.98 Å². The van der Waals surface area contributed by atoms with Crippen LogP contribution in [0.4, 0.5) is 5.82 Å². The second-order valence-electron chi connectivity index (χ2n) is 1.75. The third kappa shape index (κ3) is 1.48. The van der Waals surface area contributed by atoms with Crippen molar-refractivity contribution in [3.8, 4) is 6.07 Å². The van der Waals surface area contributed by atoms with Crippen LogP contribution in [0.1, 0.15) is 5.69 Å². The number of nitriles is 1. The fourth-order valence-corrected chi connectivity index (χ4v) is 1.25. The van der Waals surface area contributed by atoms with E-state index in [0.29, 0.717) is 3.57 Å². The van der Waals surface area contributed by atoms with Crippen molar-refractivity contribution in [2.75, 3.05) is 0 Å². The van der Waals surface area contributed by atoms with Gasteiger partial charge in [-0.1, -0.05) is 0 Å². The largest absolute Gasteiger partial charge is 0.358 e. The number of nitro groups is 1. The van der Waals surface area contributed by atoms with E-state index in [2.05, 4.69) is 4.98 Å². The molecule has 1 aromatic rings. The van der Waals surface area contributed by atoms with E-state index in [9.17, 15) is 10.1 Å². The Morgan fingerprint density at radius 3 is 2.73 bits per heavy atom. The molecule has 0 atom stereocenters. The van der Waals surface area contributed by atoms with Gasteiger partial charge in [-0.3, -0.25) is 0 Å². The third-order valence-electron chi connectivity index (χ3n) is 1.05. The topological polar surface area (TPSA) is 82.7 Å². The Bertz CT molecular complexity index is 338. The standard InChI is InChI=1S/C5H2IN3O2/c6-4-1-3(2-7)8-5(4)9(10)11/h1,8H. The minimum atomic E-state index is -0.553. The highest BCUT2D eigenvalue weighted by atomic mass is 127. The molecule has 0 fully saturated rings. The lowest BCUT2D eigenvalue weighted by Gasteiger charge is -1.87. The van der Waals surface area contributed by atoms with E-state index in [1.54, 1.807) is 28.7 Å². The number of rotatable bonds is 1. The summed E-state index contributed by atoms with van der Waals surface area (Å²) in [7, 11) is 0. The molecule has 1 rings (SSSR count). The fourth-order valence-electron chi connectivity index (χ4n) is 0.612. The number of hydrogen-bond donors (Lipinski definition) is 1. The predicted molar refractivity (Wildman–Crippen MR) is 44.9 cm³/mol. The molecule has 0 aromatic carbocycles. The average molecular weight is 263 g/mol. The molecule has 0 aliphatic rings. The van der Waals surface area contributed by atoms with Gasteiger partial charge in [-0.25, -0.2) is 4.98 Å². The molecule has 0 bridgehead atoms. The van der Waals surface area contributed by atoms with Crippen LogP contribution >= 0.6 is 22.6 Å². The van der Waals surface area contributed by atoms with Crippen LogP contribution in [0, 0.1) is 25.0 Å². The van der Waals surface area contributed by atoms with E-state index in [1.807, 2.05) is 0 Å². The highest BCUT2D eigenvalue weighted by molar-refractivity contribution is 14.1. The molecule has 0 aliphatic heterocycles. The van der Waals surface area contributed by atoms with Crippen molar-refractivity contribution in [2.45, 2.75) is 0 Å². The van der Waals surface area contributed by atoms with Crippen LogP contribution in [-0.2, 0) is 0 Å². The van der Waals surface area contributed by atoms with E-state index in [0.717, 1.165) is 0 Å². The van der Waals surface area contributed by atoms with Gasteiger partial charge in [0.15, 0.2) is 0 Å². The van der Waals surface area contributed by atoms with Gasteiger partial charge in [0.1, 0.15) is 9.64 Å². The Morgan fingerprint density at radius 2 is 2.45 bits per heavy atom. The minimum Gasteiger partial charge on any atom is -0.358 e. The smallest absolute Gasteiger partial charge is 0.335 e. The summed E-state index contributed by atoms with van der Waals surface area (Å²) in [4.78, 5) is 12.0.